The minimum absolute atomic E-state index is 0. The topological polar surface area (TPSA) is 71.7 Å². The van der Waals surface area contributed by atoms with Crippen LogP contribution >= 0.6 is 24.0 Å². The van der Waals surface area contributed by atoms with Crippen LogP contribution in [0.4, 0.5) is 0 Å². The summed E-state index contributed by atoms with van der Waals surface area (Å²) in [6.07, 6.45) is 3.02. The van der Waals surface area contributed by atoms with Crippen molar-refractivity contribution in [1.82, 2.24) is 15.6 Å². The molecule has 0 saturated heterocycles. The minimum Gasteiger partial charge on any atom is -0.444 e. The number of benzene rings is 1. The molecular weight excluding hydrogens is 455 g/mol. The summed E-state index contributed by atoms with van der Waals surface area (Å²) in [6, 6.07) is 10.4. The van der Waals surface area contributed by atoms with Gasteiger partial charge >= 0.3 is 0 Å². The zero-order valence-corrected chi connectivity index (χ0v) is 18.8. The summed E-state index contributed by atoms with van der Waals surface area (Å²) in [6.45, 7) is 6.80. The summed E-state index contributed by atoms with van der Waals surface area (Å²) < 4.78 is 11.2. The van der Waals surface area contributed by atoms with E-state index >= 15 is 0 Å². The Balaban J connectivity index is 0.00000364. The Morgan fingerprint density at radius 2 is 1.89 bits per heavy atom. The van der Waals surface area contributed by atoms with E-state index in [0.29, 0.717) is 12.4 Å². The first-order valence-corrected chi connectivity index (χ1v) is 9.18. The van der Waals surface area contributed by atoms with Crippen LogP contribution in [0.3, 0.4) is 0 Å². The lowest BCUT2D eigenvalue weighted by Gasteiger charge is -2.10. The second kappa shape index (κ2) is 13.5. The van der Waals surface area contributed by atoms with Crippen molar-refractivity contribution in [1.29, 1.82) is 0 Å². The molecule has 0 bridgehead atoms. The SMILES string of the molecule is CN=C(NCCCCOCCc1ccccc1)NCc1nc(C)c(C)o1.I. The quantitative estimate of drug-likeness (QED) is 0.232. The number of aromatic nitrogens is 1. The molecule has 0 fully saturated rings. The predicted molar refractivity (Wildman–Crippen MR) is 120 cm³/mol. The van der Waals surface area contributed by atoms with E-state index in [2.05, 4.69) is 44.9 Å². The fraction of sp³-hybridized carbons (Fsp3) is 0.500. The second-order valence-electron chi connectivity index (χ2n) is 6.16. The number of aryl methyl sites for hydroxylation is 2. The fourth-order valence-corrected chi connectivity index (χ4v) is 2.47. The van der Waals surface area contributed by atoms with Crippen LogP contribution in [0.25, 0.3) is 0 Å². The van der Waals surface area contributed by atoms with Gasteiger partial charge in [-0.15, -0.1) is 24.0 Å². The first-order chi connectivity index (χ1) is 12.7. The second-order valence-corrected chi connectivity index (χ2v) is 6.16. The van der Waals surface area contributed by atoms with Gasteiger partial charge in [-0.2, -0.15) is 0 Å². The lowest BCUT2D eigenvalue weighted by Crippen LogP contribution is -2.37. The summed E-state index contributed by atoms with van der Waals surface area (Å²) >= 11 is 0. The van der Waals surface area contributed by atoms with E-state index in [4.69, 9.17) is 9.15 Å². The number of hydrogen-bond acceptors (Lipinski definition) is 4. The van der Waals surface area contributed by atoms with Crippen LogP contribution in [-0.2, 0) is 17.7 Å². The van der Waals surface area contributed by atoms with E-state index in [0.717, 1.165) is 56.4 Å². The lowest BCUT2D eigenvalue weighted by molar-refractivity contribution is 0.133. The molecule has 6 nitrogen and oxygen atoms in total. The maximum atomic E-state index is 5.70. The van der Waals surface area contributed by atoms with Crippen LogP contribution in [0.2, 0.25) is 0 Å². The minimum atomic E-state index is 0. The van der Waals surface area contributed by atoms with Gasteiger partial charge < -0.3 is 19.8 Å². The molecule has 0 radical (unpaired) electrons. The maximum absolute atomic E-state index is 5.70. The Morgan fingerprint density at radius 3 is 2.56 bits per heavy atom. The van der Waals surface area contributed by atoms with Crippen LogP contribution in [0.15, 0.2) is 39.7 Å². The largest absolute Gasteiger partial charge is 0.444 e. The summed E-state index contributed by atoms with van der Waals surface area (Å²) in [4.78, 5) is 8.56. The Labute approximate surface area is 179 Å². The van der Waals surface area contributed by atoms with E-state index in [1.807, 2.05) is 19.9 Å². The van der Waals surface area contributed by atoms with Gasteiger partial charge in [0.05, 0.1) is 18.8 Å². The van der Waals surface area contributed by atoms with Crippen molar-refractivity contribution in [3.05, 3.63) is 53.2 Å². The van der Waals surface area contributed by atoms with Crippen molar-refractivity contribution in [3.63, 3.8) is 0 Å². The van der Waals surface area contributed by atoms with Gasteiger partial charge in [-0.3, -0.25) is 4.99 Å². The van der Waals surface area contributed by atoms with Crippen molar-refractivity contribution in [3.8, 4) is 0 Å². The van der Waals surface area contributed by atoms with Crippen molar-refractivity contribution in [2.75, 3.05) is 26.8 Å². The molecule has 2 rings (SSSR count). The number of aliphatic imine (C=N–C) groups is 1. The number of guanidine groups is 1. The molecule has 2 aromatic rings. The molecular formula is C20H31IN4O2. The summed E-state index contributed by atoms with van der Waals surface area (Å²) in [5.41, 5.74) is 2.25. The molecule has 0 aliphatic rings. The number of nitrogens with one attached hydrogen (secondary N) is 2. The van der Waals surface area contributed by atoms with Crippen LogP contribution < -0.4 is 10.6 Å². The highest BCUT2D eigenvalue weighted by atomic mass is 127. The van der Waals surface area contributed by atoms with Gasteiger partial charge in [-0.25, -0.2) is 4.98 Å². The first-order valence-electron chi connectivity index (χ1n) is 9.18. The normalized spacial score (nSPS) is 11.1. The number of oxazole rings is 1. The van der Waals surface area contributed by atoms with Gasteiger partial charge in [-0.05, 0) is 38.7 Å². The summed E-state index contributed by atoms with van der Waals surface area (Å²) in [5.74, 6) is 2.29. The summed E-state index contributed by atoms with van der Waals surface area (Å²) in [7, 11) is 1.76. The molecule has 150 valence electrons. The molecule has 0 unspecified atom stereocenters. The summed E-state index contributed by atoms with van der Waals surface area (Å²) in [5, 5.41) is 6.50. The van der Waals surface area contributed by atoms with Crippen LogP contribution in [0.1, 0.15) is 35.7 Å². The highest BCUT2D eigenvalue weighted by Crippen LogP contribution is 2.07. The van der Waals surface area contributed by atoms with Crippen LogP contribution in [0.5, 0.6) is 0 Å². The van der Waals surface area contributed by atoms with E-state index in [9.17, 15) is 0 Å². The third kappa shape index (κ3) is 9.23. The Bertz CT molecular complexity index is 654. The van der Waals surface area contributed by atoms with E-state index in [1.165, 1.54) is 5.56 Å². The van der Waals surface area contributed by atoms with Gasteiger partial charge in [0.25, 0.3) is 0 Å². The Morgan fingerprint density at radius 1 is 1.11 bits per heavy atom. The number of rotatable bonds is 10. The average molecular weight is 486 g/mol. The molecule has 7 heteroatoms. The van der Waals surface area contributed by atoms with Crippen LogP contribution in [0, 0.1) is 13.8 Å². The van der Waals surface area contributed by atoms with Gasteiger partial charge in [-0.1, -0.05) is 30.3 Å². The molecule has 2 N–H and O–H groups in total. The molecule has 0 spiro atoms. The third-order valence-electron chi connectivity index (χ3n) is 4.09. The molecule has 1 aromatic heterocycles. The van der Waals surface area contributed by atoms with Crippen LogP contribution in [-0.4, -0.2) is 37.7 Å². The number of ether oxygens (including phenoxy) is 1. The number of halogens is 1. The molecule has 0 saturated carbocycles. The van der Waals surface area contributed by atoms with Gasteiger partial charge in [0, 0.05) is 20.2 Å². The van der Waals surface area contributed by atoms with Crippen molar-refractivity contribution >= 4 is 29.9 Å². The van der Waals surface area contributed by atoms with E-state index in [1.54, 1.807) is 7.05 Å². The number of hydrogen-bond donors (Lipinski definition) is 2. The monoisotopic (exact) mass is 486 g/mol. The fourth-order valence-electron chi connectivity index (χ4n) is 2.47. The van der Waals surface area contributed by atoms with Gasteiger partial charge in [0.2, 0.25) is 5.89 Å². The van der Waals surface area contributed by atoms with E-state index < -0.39 is 0 Å². The van der Waals surface area contributed by atoms with Gasteiger partial charge in [0.15, 0.2) is 5.96 Å². The lowest BCUT2D eigenvalue weighted by atomic mass is 10.2. The molecule has 0 atom stereocenters. The Hall–Kier alpha value is -1.61. The number of unbranched alkanes of at least 4 members (excludes halogenated alkanes) is 1. The zero-order chi connectivity index (χ0) is 18.6. The zero-order valence-electron chi connectivity index (χ0n) is 16.5. The number of nitrogens with zero attached hydrogens (tertiary/aromatic N) is 2. The molecule has 0 aliphatic heterocycles. The van der Waals surface area contributed by atoms with Crippen molar-refractivity contribution in [2.45, 2.75) is 39.7 Å². The standard InChI is InChI=1S/C20H30N4O2.HI/c1-16-17(2)26-19(24-16)15-23-20(21-3)22-12-7-8-13-25-14-11-18-9-5-4-6-10-18;/h4-6,9-10H,7-8,11-15H2,1-3H3,(H2,21,22,23);1H. The molecule has 0 aliphatic carbocycles. The highest BCUT2D eigenvalue weighted by molar-refractivity contribution is 14.0. The van der Waals surface area contributed by atoms with Crippen molar-refractivity contribution in [2.24, 2.45) is 4.99 Å². The molecule has 0 amide bonds. The third-order valence-corrected chi connectivity index (χ3v) is 4.09. The molecule has 1 aromatic carbocycles. The Kier molecular flexibility index (Phi) is 11.8. The predicted octanol–water partition coefficient (Wildman–Crippen LogP) is 3.61. The first kappa shape index (κ1) is 23.4. The van der Waals surface area contributed by atoms with E-state index in [-0.39, 0.29) is 24.0 Å². The molecule has 1 heterocycles. The smallest absolute Gasteiger partial charge is 0.214 e. The maximum Gasteiger partial charge on any atom is 0.214 e. The average Bonchev–Trinajstić information content (AvgIpc) is 2.98. The molecule has 27 heavy (non-hydrogen) atoms. The van der Waals surface area contributed by atoms with Gasteiger partial charge in [0.1, 0.15) is 5.76 Å². The highest BCUT2D eigenvalue weighted by Gasteiger charge is 2.06. The van der Waals surface area contributed by atoms with Crippen molar-refractivity contribution < 1.29 is 9.15 Å².